The minimum atomic E-state index is -0.373. The van der Waals surface area contributed by atoms with Crippen LogP contribution in [0.15, 0.2) is 42.5 Å². The third-order valence-electron chi connectivity index (χ3n) is 4.55. The van der Waals surface area contributed by atoms with Gasteiger partial charge in [-0.15, -0.1) is 0 Å². The van der Waals surface area contributed by atoms with Crippen molar-refractivity contribution < 1.29 is 23.5 Å². The Labute approximate surface area is 166 Å². The third kappa shape index (κ3) is 4.31. The van der Waals surface area contributed by atoms with Crippen molar-refractivity contribution in [2.75, 3.05) is 18.6 Å². The second-order valence-corrected chi connectivity index (χ2v) is 6.47. The molecule has 0 N–H and O–H groups in total. The third-order valence-corrected chi connectivity index (χ3v) is 4.55. The highest BCUT2D eigenvalue weighted by molar-refractivity contribution is 6.00. The topological polar surface area (TPSA) is 81.5 Å². The molecular weight excluding hydrogens is 377 g/mol. The molecule has 1 aromatic heterocycles. The Morgan fingerprint density at radius 2 is 1.93 bits per heavy atom. The number of methoxy groups -OCH3 is 1. The number of benzene rings is 2. The van der Waals surface area contributed by atoms with E-state index in [0.717, 1.165) is 0 Å². The van der Waals surface area contributed by atoms with Crippen LogP contribution >= 0.6 is 0 Å². The van der Waals surface area contributed by atoms with E-state index in [9.17, 15) is 18.8 Å². The normalized spacial score (nSPS) is 10.7. The average molecular weight is 397 g/mol. The molecule has 0 spiro atoms. The average Bonchev–Trinajstić information content (AvgIpc) is 3.10. The molecule has 0 fully saturated rings. The van der Waals surface area contributed by atoms with E-state index in [1.54, 1.807) is 30.3 Å². The molecule has 0 atom stereocenters. The van der Waals surface area contributed by atoms with Crippen molar-refractivity contribution in [3.05, 3.63) is 48.3 Å². The fraction of sp³-hybridized carbons (Fsp3) is 0.238. The summed E-state index contributed by atoms with van der Waals surface area (Å²) in [6.45, 7) is 1.73. The van der Waals surface area contributed by atoms with Gasteiger partial charge in [-0.25, -0.2) is 4.39 Å². The van der Waals surface area contributed by atoms with Crippen LogP contribution in [0.25, 0.3) is 22.2 Å². The van der Waals surface area contributed by atoms with Gasteiger partial charge in [-0.1, -0.05) is 0 Å². The van der Waals surface area contributed by atoms with Gasteiger partial charge < -0.3 is 9.64 Å². The van der Waals surface area contributed by atoms with E-state index in [2.05, 4.69) is 9.84 Å². The van der Waals surface area contributed by atoms with Gasteiger partial charge in [-0.3, -0.25) is 14.4 Å². The molecule has 0 aliphatic rings. The Kier molecular flexibility index (Phi) is 6.01. The molecule has 3 aromatic rings. The number of esters is 1. The standard InChI is InChI=1S/C21H20FN3O4/c1-14(27)25-19-10-9-17(24(13-26)11-3-4-20(28)29-2)12-18(19)21(23-25)15-5-7-16(22)8-6-15/h5-10,12-13H,3-4,11H2,1-2H3. The summed E-state index contributed by atoms with van der Waals surface area (Å²) >= 11 is 0. The number of carbonyl (C=O) groups is 3. The van der Waals surface area contributed by atoms with Crippen molar-refractivity contribution in [3.8, 4) is 11.3 Å². The maximum absolute atomic E-state index is 13.3. The minimum absolute atomic E-state index is 0.201. The zero-order valence-corrected chi connectivity index (χ0v) is 16.1. The molecule has 8 heteroatoms. The van der Waals surface area contributed by atoms with Gasteiger partial charge in [0.25, 0.3) is 0 Å². The smallest absolute Gasteiger partial charge is 0.305 e. The van der Waals surface area contributed by atoms with Crippen LogP contribution in [0.3, 0.4) is 0 Å². The number of fused-ring (bicyclic) bond motifs is 1. The number of nitrogens with zero attached hydrogens (tertiary/aromatic N) is 3. The first-order valence-corrected chi connectivity index (χ1v) is 9.03. The number of halogens is 1. The van der Waals surface area contributed by atoms with E-state index < -0.39 is 0 Å². The lowest BCUT2D eigenvalue weighted by atomic mass is 10.1. The predicted octanol–water partition coefficient (Wildman–Crippen LogP) is 3.42. The van der Waals surface area contributed by atoms with E-state index in [1.165, 1.54) is 35.7 Å². The zero-order chi connectivity index (χ0) is 21.0. The summed E-state index contributed by atoms with van der Waals surface area (Å²) in [6.07, 6.45) is 1.33. The predicted molar refractivity (Wildman–Crippen MR) is 106 cm³/mol. The molecule has 29 heavy (non-hydrogen) atoms. The second-order valence-electron chi connectivity index (χ2n) is 6.47. The van der Waals surface area contributed by atoms with Crippen molar-refractivity contribution in [1.29, 1.82) is 0 Å². The lowest BCUT2D eigenvalue weighted by Crippen LogP contribution is -2.23. The van der Waals surface area contributed by atoms with Crippen LogP contribution < -0.4 is 4.90 Å². The fourth-order valence-corrected chi connectivity index (χ4v) is 3.08. The largest absolute Gasteiger partial charge is 0.469 e. The Morgan fingerprint density at radius 1 is 1.21 bits per heavy atom. The number of rotatable bonds is 7. The molecular formula is C21H20FN3O4. The van der Waals surface area contributed by atoms with Crippen LogP contribution in [0.4, 0.5) is 10.1 Å². The second kappa shape index (κ2) is 8.64. The summed E-state index contributed by atoms with van der Waals surface area (Å²) in [7, 11) is 1.32. The highest BCUT2D eigenvalue weighted by Gasteiger charge is 2.17. The summed E-state index contributed by atoms with van der Waals surface area (Å²) in [4.78, 5) is 36.3. The van der Waals surface area contributed by atoms with Crippen LogP contribution in [-0.4, -0.2) is 41.7 Å². The molecule has 0 radical (unpaired) electrons. The van der Waals surface area contributed by atoms with Crippen LogP contribution in [-0.2, 0) is 14.3 Å². The number of amides is 1. The first kappa shape index (κ1) is 20.2. The highest BCUT2D eigenvalue weighted by atomic mass is 19.1. The molecule has 0 saturated carbocycles. The van der Waals surface area contributed by atoms with Gasteiger partial charge in [0.15, 0.2) is 0 Å². The quantitative estimate of drug-likeness (QED) is 0.451. The Balaban J connectivity index is 2.01. The van der Waals surface area contributed by atoms with Gasteiger partial charge >= 0.3 is 5.97 Å². The van der Waals surface area contributed by atoms with Crippen LogP contribution in [0, 0.1) is 5.82 Å². The number of carbonyl (C=O) groups excluding carboxylic acids is 3. The van der Waals surface area contributed by atoms with Gasteiger partial charge in [0.05, 0.1) is 12.6 Å². The lowest BCUT2D eigenvalue weighted by molar-refractivity contribution is -0.140. The van der Waals surface area contributed by atoms with Gasteiger partial charge in [0.2, 0.25) is 12.3 Å². The SMILES string of the molecule is COC(=O)CCCN(C=O)c1ccc2c(c1)c(-c1ccc(F)cc1)nn2C(C)=O. The van der Waals surface area contributed by atoms with Crippen LogP contribution in [0.2, 0.25) is 0 Å². The molecule has 0 bridgehead atoms. The summed E-state index contributed by atoms with van der Waals surface area (Å²) in [6, 6.07) is 11.0. The summed E-state index contributed by atoms with van der Waals surface area (Å²) in [5, 5.41) is 5.04. The van der Waals surface area contributed by atoms with Gasteiger partial charge in [0.1, 0.15) is 11.5 Å². The van der Waals surface area contributed by atoms with E-state index in [1.807, 2.05) is 0 Å². The molecule has 0 aliphatic heterocycles. The van der Waals surface area contributed by atoms with E-state index in [-0.39, 0.29) is 24.1 Å². The summed E-state index contributed by atoms with van der Waals surface area (Å²) in [5.41, 5.74) is 2.35. The number of anilines is 1. The molecule has 2 aromatic carbocycles. The van der Waals surface area contributed by atoms with Crippen molar-refractivity contribution in [1.82, 2.24) is 9.78 Å². The van der Waals surface area contributed by atoms with E-state index in [4.69, 9.17) is 0 Å². The molecule has 1 heterocycles. The van der Waals surface area contributed by atoms with E-state index >= 15 is 0 Å². The molecule has 3 rings (SSSR count). The van der Waals surface area contributed by atoms with Crippen molar-refractivity contribution >= 4 is 34.9 Å². The zero-order valence-electron chi connectivity index (χ0n) is 16.1. The molecule has 0 aliphatic carbocycles. The highest BCUT2D eigenvalue weighted by Crippen LogP contribution is 2.31. The maximum atomic E-state index is 13.3. The number of ether oxygens (including phenoxy) is 1. The molecule has 1 amide bonds. The lowest BCUT2D eigenvalue weighted by Gasteiger charge is -2.17. The number of hydrogen-bond acceptors (Lipinski definition) is 5. The molecule has 0 unspecified atom stereocenters. The molecule has 150 valence electrons. The summed E-state index contributed by atoms with van der Waals surface area (Å²) < 4.78 is 19.2. The van der Waals surface area contributed by atoms with Gasteiger partial charge in [0, 0.05) is 36.5 Å². The van der Waals surface area contributed by atoms with Gasteiger partial charge in [-0.05, 0) is 48.9 Å². The Hall–Kier alpha value is -3.55. The molecule has 7 nitrogen and oxygen atoms in total. The summed E-state index contributed by atoms with van der Waals surface area (Å²) in [5.74, 6) is -0.975. The Morgan fingerprint density at radius 3 is 2.55 bits per heavy atom. The van der Waals surface area contributed by atoms with Crippen LogP contribution in [0.5, 0.6) is 0 Å². The number of hydrogen-bond donors (Lipinski definition) is 0. The number of aromatic nitrogens is 2. The minimum Gasteiger partial charge on any atom is -0.469 e. The first-order valence-electron chi connectivity index (χ1n) is 9.03. The van der Waals surface area contributed by atoms with Crippen LogP contribution in [0.1, 0.15) is 24.6 Å². The van der Waals surface area contributed by atoms with Crippen molar-refractivity contribution in [2.24, 2.45) is 0 Å². The monoisotopic (exact) mass is 397 g/mol. The fourth-order valence-electron chi connectivity index (χ4n) is 3.08. The van der Waals surface area contributed by atoms with Crippen molar-refractivity contribution in [2.45, 2.75) is 19.8 Å². The maximum Gasteiger partial charge on any atom is 0.305 e. The van der Waals surface area contributed by atoms with Crippen molar-refractivity contribution in [3.63, 3.8) is 0 Å². The molecule has 0 saturated heterocycles. The Bertz CT molecular complexity index is 1060. The first-order chi connectivity index (χ1) is 13.9. The van der Waals surface area contributed by atoms with E-state index in [0.29, 0.717) is 47.2 Å². The van der Waals surface area contributed by atoms with Gasteiger partial charge in [-0.2, -0.15) is 9.78 Å².